The Kier molecular flexibility index (Phi) is 5.52. The van der Waals surface area contributed by atoms with Crippen molar-refractivity contribution < 1.29 is 4.74 Å². The van der Waals surface area contributed by atoms with Crippen molar-refractivity contribution in [1.82, 2.24) is 20.2 Å². The monoisotopic (exact) mass is 309 g/mol. The number of nitrogens with zero attached hydrogens (tertiary/aromatic N) is 4. The summed E-state index contributed by atoms with van der Waals surface area (Å²) in [5, 5.41) is 12.3. The SMILES string of the molecule is CC(C)COCCCn1nnnc1-c1ccc(N)cc1Cl. The van der Waals surface area contributed by atoms with Gasteiger partial charge in [-0.15, -0.1) is 5.10 Å². The molecule has 0 aliphatic heterocycles. The van der Waals surface area contributed by atoms with Gasteiger partial charge in [-0.05, 0) is 41.0 Å². The molecule has 2 N–H and O–H groups in total. The average molecular weight is 310 g/mol. The van der Waals surface area contributed by atoms with Crippen LogP contribution in [-0.4, -0.2) is 33.4 Å². The van der Waals surface area contributed by atoms with Crippen LogP contribution in [0.4, 0.5) is 5.69 Å². The molecule has 0 unspecified atom stereocenters. The van der Waals surface area contributed by atoms with E-state index in [4.69, 9.17) is 22.1 Å². The minimum atomic E-state index is 0.544. The molecule has 1 aromatic heterocycles. The van der Waals surface area contributed by atoms with Crippen molar-refractivity contribution in [3.8, 4) is 11.4 Å². The topological polar surface area (TPSA) is 78.8 Å². The van der Waals surface area contributed by atoms with Crippen molar-refractivity contribution in [3.05, 3.63) is 23.2 Å². The van der Waals surface area contributed by atoms with E-state index in [0.717, 1.165) is 18.6 Å². The Morgan fingerprint density at radius 1 is 1.38 bits per heavy atom. The summed E-state index contributed by atoms with van der Waals surface area (Å²) >= 11 is 6.20. The van der Waals surface area contributed by atoms with Crippen molar-refractivity contribution in [2.24, 2.45) is 5.92 Å². The van der Waals surface area contributed by atoms with Gasteiger partial charge in [0.2, 0.25) is 0 Å². The fourth-order valence-corrected chi connectivity index (χ4v) is 2.17. The van der Waals surface area contributed by atoms with Gasteiger partial charge in [0.05, 0.1) is 5.02 Å². The van der Waals surface area contributed by atoms with Gasteiger partial charge >= 0.3 is 0 Å². The molecule has 7 heteroatoms. The third-order valence-electron chi connectivity index (χ3n) is 2.88. The highest BCUT2D eigenvalue weighted by Gasteiger charge is 2.12. The highest BCUT2D eigenvalue weighted by atomic mass is 35.5. The summed E-state index contributed by atoms with van der Waals surface area (Å²) in [5.74, 6) is 1.19. The van der Waals surface area contributed by atoms with Crippen molar-refractivity contribution >= 4 is 17.3 Å². The smallest absolute Gasteiger partial charge is 0.183 e. The predicted molar refractivity (Wildman–Crippen MR) is 82.9 cm³/mol. The maximum atomic E-state index is 6.20. The highest BCUT2D eigenvalue weighted by Crippen LogP contribution is 2.27. The number of benzene rings is 1. The van der Waals surface area contributed by atoms with E-state index in [0.29, 0.717) is 35.6 Å². The number of tetrazole rings is 1. The normalized spacial score (nSPS) is 11.2. The van der Waals surface area contributed by atoms with E-state index in [2.05, 4.69) is 29.4 Å². The second-order valence-electron chi connectivity index (χ2n) is 5.29. The first kappa shape index (κ1) is 15.7. The second-order valence-corrected chi connectivity index (χ2v) is 5.69. The molecule has 2 aromatic rings. The highest BCUT2D eigenvalue weighted by molar-refractivity contribution is 6.33. The number of halogens is 1. The Hall–Kier alpha value is -1.66. The van der Waals surface area contributed by atoms with E-state index in [-0.39, 0.29) is 0 Å². The zero-order valence-electron chi connectivity index (χ0n) is 12.3. The van der Waals surface area contributed by atoms with Crippen LogP contribution in [0.5, 0.6) is 0 Å². The third kappa shape index (κ3) is 4.41. The lowest BCUT2D eigenvalue weighted by Crippen LogP contribution is -2.08. The van der Waals surface area contributed by atoms with Gasteiger partial charge in [-0.3, -0.25) is 0 Å². The summed E-state index contributed by atoms with van der Waals surface area (Å²) in [6, 6.07) is 5.31. The number of aromatic nitrogens is 4. The minimum Gasteiger partial charge on any atom is -0.399 e. The maximum absolute atomic E-state index is 6.20. The number of hydrogen-bond donors (Lipinski definition) is 1. The van der Waals surface area contributed by atoms with Crippen molar-refractivity contribution in [2.75, 3.05) is 18.9 Å². The molecule has 2 rings (SSSR count). The number of aryl methyl sites for hydroxylation is 1. The Morgan fingerprint density at radius 3 is 2.90 bits per heavy atom. The molecule has 0 spiro atoms. The first-order chi connectivity index (χ1) is 10.1. The molecule has 0 bridgehead atoms. The van der Waals surface area contributed by atoms with Crippen LogP contribution in [0.1, 0.15) is 20.3 Å². The summed E-state index contributed by atoms with van der Waals surface area (Å²) in [7, 11) is 0. The fourth-order valence-electron chi connectivity index (χ4n) is 1.90. The van der Waals surface area contributed by atoms with Crippen molar-refractivity contribution in [2.45, 2.75) is 26.8 Å². The lowest BCUT2D eigenvalue weighted by atomic mass is 10.2. The van der Waals surface area contributed by atoms with Gasteiger partial charge in [-0.25, -0.2) is 4.68 Å². The Morgan fingerprint density at radius 2 is 2.19 bits per heavy atom. The average Bonchev–Trinajstić information content (AvgIpc) is 2.86. The Labute approximate surface area is 129 Å². The van der Waals surface area contributed by atoms with Crippen LogP contribution in [0.3, 0.4) is 0 Å². The lowest BCUT2D eigenvalue weighted by molar-refractivity contribution is 0.105. The van der Waals surface area contributed by atoms with Gasteiger partial charge in [0.1, 0.15) is 0 Å². The largest absolute Gasteiger partial charge is 0.399 e. The van der Waals surface area contributed by atoms with E-state index in [9.17, 15) is 0 Å². The van der Waals surface area contributed by atoms with E-state index in [1.165, 1.54) is 0 Å². The summed E-state index contributed by atoms with van der Waals surface area (Å²) in [6.07, 6.45) is 0.845. The number of nitrogen functional groups attached to an aromatic ring is 1. The van der Waals surface area contributed by atoms with Crippen molar-refractivity contribution in [1.29, 1.82) is 0 Å². The molecule has 0 saturated heterocycles. The van der Waals surface area contributed by atoms with Crippen LogP contribution in [0, 0.1) is 5.92 Å². The molecule has 0 fully saturated rings. The van der Waals surface area contributed by atoms with Crippen LogP contribution < -0.4 is 5.73 Å². The zero-order valence-corrected chi connectivity index (χ0v) is 13.0. The molecule has 0 radical (unpaired) electrons. The quantitative estimate of drug-likeness (QED) is 0.628. The molecule has 1 heterocycles. The summed E-state index contributed by atoms with van der Waals surface area (Å²) < 4.78 is 7.29. The van der Waals surface area contributed by atoms with Crippen LogP contribution in [-0.2, 0) is 11.3 Å². The maximum Gasteiger partial charge on any atom is 0.183 e. The van der Waals surface area contributed by atoms with Crippen LogP contribution in [0.25, 0.3) is 11.4 Å². The molecule has 0 aliphatic carbocycles. The van der Waals surface area contributed by atoms with Crippen LogP contribution >= 0.6 is 11.6 Å². The number of hydrogen-bond acceptors (Lipinski definition) is 5. The number of anilines is 1. The second kappa shape index (κ2) is 7.38. The molecule has 114 valence electrons. The number of ether oxygens (including phenoxy) is 1. The Balaban J connectivity index is 1.98. The van der Waals surface area contributed by atoms with Gasteiger partial charge in [0.15, 0.2) is 5.82 Å². The number of rotatable bonds is 7. The molecular formula is C14H20ClN5O. The van der Waals surface area contributed by atoms with Crippen molar-refractivity contribution in [3.63, 3.8) is 0 Å². The Bertz CT molecular complexity index is 584. The van der Waals surface area contributed by atoms with E-state index < -0.39 is 0 Å². The summed E-state index contributed by atoms with van der Waals surface area (Å²) in [6.45, 7) is 6.39. The molecule has 21 heavy (non-hydrogen) atoms. The summed E-state index contributed by atoms with van der Waals surface area (Å²) in [5.41, 5.74) is 7.09. The predicted octanol–water partition coefficient (Wildman–Crippen LogP) is 2.64. The van der Waals surface area contributed by atoms with Gasteiger partial charge in [-0.2, -0.15) is 0 Å². The molecule has 0 amide bonds. The molecule has 1 aromatic carbocycles. The first-order valence-corrected chi connectivity index (χ1v) is 7.35. The lowest BCUT2D eigenvalue weighted by Gasteiger charge is -2.08. The zero-order chi connectivity index (χ0) is 15.2. The van der Waals surface area contributed by atoms with Gasteiger partial charge in [0, 0.05) is 31.0 Å². The molecule has 6 nitrogen and oxygen atoms in total. The van der Waals surface area contributed by atoms with Crippen LogP contribution in [0.15, 0.2) is 18.2 Å². The van der Waals surface area contributed by atoms with E-state index in [1.807, 2.05) is 6.07 Å². The minimum absolute atomic E-state index is 0.544. The van der Waals surface area contributed by atoms with E-state index >= 15 is 0 Å². The summed E-state index contributed by atoms with van der Waals surface area (Å²) in [4.78, 5) is 0. The van der Waals surface area contributed by atoms with Gasteiger partial charge in [-0.1, -0.05) is 25.4 Å². The standard InChI is InChI=1S/C14H20ClN5O/c1-10(2)9-21-7-3-6-20-14(17-18-19-20)12-5-4-11(16)8-13(12)15/h4-5,8,10H,3,6-7,9,16H2,1-2H3. The molecule has 0 saturated carbocycles. The fraction of sp³-hybridized carbons (Fsp3) is 0.500. The number of nitrogens with two attached hydrogens (primary N) is 1. The van der Waals surface area contributed by atoms with Crippen LogP contribution in [0.2, 0.25) is 5.02 Å². The first-order valence-electron chi connectivity index (χ1n) is 6.97. The molecule has 0 atom stereocenters. The third-order valence-corrected chi connectivity index (χ3v) is 3.19. The van der Waals surface area contributed by atoms with Gasteiger partial charge < -0.3 is 10.5 Å². The molecular weight excluding hydrogens is 290 g/mol. The van der Waals surface area contributed by atoms with Gasteiger partial charge in [0.25, 0.3) is 0 Å². The molecule has 0 aliphatic rings. The van der Waals surface area contributed by atoms with E-state index in [1.54, 1.807) is 16.8 Å².